The average molecular weight is 156 g/mol. The van der Waals surface area contributed by atoms with E-state index < -0.39 is 11.4 Å². The second-order valence-corrected chi connectivity index (χ2v) is 1.99. The first-order chi connectivity index (χ1) is 5.13. The Hall–Kier alpha value is -1.57. The van der Waals surface area contributed by atoms with Crippen molar-refractivity contribution in [2.45, 2.75) is 13.3 Å². The summed E-state index contributed by atoms with van der Waals surface area (Å²) in [6.45, 7) is 1.53. The predicted molar refractivity (Wildman–Crippen MR) is 36.3 cm³/mol. The zero-order chi connectivity index (χ0) is 8.91. The van der Waals surface area contributed by atoms with Gasteiger partial charge < -0.3 is 10.3 Å². The van der Waals surface area contributed by atoms with E-state index >= 15 is 0 Å². The number of carboxylic acid groups (broad SMARTS) is 1. The minimum absolute atomic E-state index is 0.0723. The van der Waals surface area contributed by atoms with E-state index in [1.54, 1.807) is 6.07 Å². The summed E-state index contributed by atoms with van der Waals surface area (Å²) in [6.07, 6.45) is 0.790. The van der Waals surface area contributed by atoms with Crippen molar-refractivity contribution in [1.29, 1.82) is 5.26 Å². The SMILES string of the molecule is CCC(C#N)(/C=N\O)C(=O)O. The fourth-order valence-electron chi connectivity index (χ4n) is 0.552. The molecule has 0 amide bonds. The number of aliphatic carboxylic acids is 1. The molecule has 0 aliphatic rings. The molecule has 0 aliphatic heterocycles. The average Bonchev–Trinajstić information content (AvgIpc) is 2.00. The van der Waals surface area contributed by atoms with E-state index in [1.165, 1.54) is 6.92 Å². The van der Waals surface area contributed by atoms with Crippen LogP contribution in [0.3, 0.4) is 0 Å². The van der Waals surface area contributed by atoms with Crippen LogP contribution in [0.2, 0.25) is 0 Å². The van der Waals surface area contributed by atoms with E-state index in [1.807, 2.05) is 0 Å². The predicted octanol–water partition coefficient (Wildman–Crippen LogP) is 0.451. The topological polar surface area (TPSA) is 93.7 Å². The largest absolute Gasteiger partial charge is 0.480 e. The number of rotatable bonds is 3. The normalized spacial score (nSPS) is 15.6. The van der Waals surface area contributed by atoms with Gasteiger partial charge in [-0.25, -0.2) is 0 Å². The molecule has 1 atom stereocenters. The molecular weight excluding hydrogens is 148 g/mol. The molecule has 11 heavy (non-hydrogen) atoms. The lowest BCUT2D eigenvalue weighted by Gasteiger charge is -2.11. The van der Waals surface area contributed by atoms with Crippen molar-refractivity contribution in [2.75, 3.05) is 0 Å². The van der Waals surface area contributed by atoms with Gasteiger partial charge in [0.15, 0.2) is 5.41 Å². The number of nitriles is 1. The van der Waals surface area contributed by atoms with E-state index in [4.69, 9.17) is 15.6 Å². The lowest BCUT2D eigenvalue weighted by atomic mass is 9.89. The number of carboxylic acids is 1. The first kappa shape index (κ1) is 9.43. The molecule has 0 aromatic rings. The number of hydrogen-bond acceptors (Lipinski definition) is 4. The standard InChI is InChI=1S/C6H8N2O3/c1-2-6(3-7,4-8-11)5(9)10/h4,11H,2H2,1H3,(H,9,10)/b8-4-. The Kier molecular flexibility index (Phi) is 3.05. The van der Waals surface area contributed by atoms with Crippen molar-refractivity contribution in [2.24, 2.45) is 10.6 Å². The van der Waals surface area contributed by atoms with Gasteiger partial charge in [0.05, 0.1) is 12.3 Å². The van der Waals surface area contributed by atoms with Crippen LogP contribution in [-0.2, 0) is 4.79 Å². The van der Waals surface area contributed by atoms with Crippen molar-refractivity contribution >= 4 is 12.2 Å². The fraction of sp³-hybridized carbons (Fsp3) is 0.500. The van der Waals surface area contributed by atoms with Crippen LogP contribution < -0.4 is 0 Å². The second kappa shape index (κ2) is 3.56. The Balaban J connectivity index is 4.79. The third-order valence-electron chi connectivity index (χ3n) is 1.42. The van der Waals surface area contributed by atoms with Gasteiger partial charge in [0, 0.05) is 0 Å². The van der Waals surface area contributed by atoms with Gasteiger partial charge in [0.1, 0.15) is 0 Å². The highest BCUT2D eigenvalue weighted by Crippen LogP contribution is 2.17. The molecule has 0 aliphatic carbocycles. The summed E-state index contributed by atoms with van der Waals surface area (Å²) in [4.78, 5) is 10.4. The number of oxime groups is 1. The molecule has 0 saturated carbocycles. The molecule has 0 aromatic carbocycles. The highest BCUT2D eigenvalue weighted by molar-refractivity contribution is 5.97. The van der Waals surface area contributed by atoms with Gasteiger partial charge in [0.2, 0.25) is 0 Å². The molecular formula is C6H8N2O3. The molecule has 0 rings (SSSR count). The number of hydrogen-bond donors (Lipinski definition) is 2. The fourth-order valence-corrected chi connectivity index (χ4v) is 0.552. The Labute approximate surface area is 63.6 Å². The Morgan fingerprint density at radius 3 is 2.55 bits per heavy atom. The third-order valence-corrected chi connectivity index (χ3v) is 1.42. The Morgan fingerprint density at radius 1 is 1.91 bits per heavy atom. The molecule has 0 saturated heterocycles. The molecule has 0 fully saturated rings. The molecule has 1 unspecified atom stereocenters. The number of nitrogens with zero attached hydrogens (tertiary/aromatic N) is 2. The lowest BCUT2D eigenvalue weighted by Crippen LogP contribution is -2.30. The Bertz CT molecular complexity index is 218. The summed E-state index contributed by atoms with van der Waals surface area (Å²) in [5, 5.41) is 27.6. The van der Waals surface area contributed by atoms with E-state index in [0.29, 0.717) is 0 Å². The van der Waals surface area contributed by atoms with Gasteiger partial charge >= 0.3 is 5.97 Å². The lowest BCUT2D eigenvalue weighted by molar-refractivity contribution is -0.142. The van der Waals surface area contributed by atoms with Crippen molar-refractivity contribution in [1.82, 2.24) is 0 Å². The van der Waals surface area contributed by atoms with Gasteiger partial charge in [-0.15, -0.1) is 0 Å². The van der Waals surface area contributed by atoms with Crippen LogP contribution in [0.5, 0.6) is 0 Å². The first-order valence-corrected chi connectivity index (χ1v) is 2.96. The molecule has 0 bridgehead atoms. The van der Waals surface area contributed by atoms with Crippen molar-refractivity contribution in [3.63, 3.8) is 0 Å². The molecule has 5 heteroatoms. The number of carbonyl (C=O) groups is 1. The minimum Gasteiger partial charge on any atom is -0.480 e. The van der Waals surface area contributed by atoms with Crippen LogP contribution in [-0.4, -0.2) is 22.5 Å². The zero-order valence-corrected chi connectivity index (χ0v) is 5.98. The van der Waals surface area contributed by atoms with Crippen LogP contribution in [0.4, 0.5) is 0 Å². The summed E-state index contributed by atoms with van der Waals surface area (Å²) in [5.41, 5.74) is -1.69. The third kappa shape index (κ3) is 1.67. The summed E-state index contributed by atoms with van der Waals surface area (Å²) in [5.74, 6) is -1.31. The Morgan fingerprint density at radius 2 is 2.45 bits per heavy atom. The smallest absolute Gasteiger partial charge is 0.329 e. The van der Waals surface area contributed by atoms with E-state index in [9.17, 15) is 4.79 Å². The molecule has 0 radical (unpaired) electrons. The van der Waals surface area contributed by atoms with Gasteiger partial charge in [-0.05, 0) is 6.42 Å². The summed E-state index contributed by atoms with van der Waals surface area (Å²) in [6, 6.07) is 1.56. The molecule has 0 spiro atoms. The highest BCUT2D eigenvalue weighted by atomic mass is 16.4. The maximum Gasteiger partial charge on any atom is 0.329 e. The van der Waals surface area contributed by atoms with Crippen LogP contribution in [0.25, 0.3) is 0 Å². The van der Waals surface area contributed by atoms with Gasteiger partial charge in [0.25, 0.3) is 0 Å². The van der Waals surface area contributed by atoms with Crippen LogP contribution in [0.1, 0.15) is 13.3 Å². The quantitative estimate of drug-likeness (QED) is 0.352. The van der Waals surface area contributed by atoms with Crippen molar-refractivity contribution < 1.29 is 15.1 Å². The van der Waals surface area contributed by atoms with Crippen LogP contribution in [0, 0.1) is 16.7 Å². The molecule has 5 nitrogen and oxygen atoms in total. The monoisotopic (exact) mass is 156 g/mol. The summed E-state index contributed by atoms with van der Waals surface area (Å²) < 4.78 is 0. The van der Waals surface area contributed by atoms with Crippen LogP contribution in [0.15, 0.2) is 5.16 Å². The van der Waals surface area contributed by atoms with Gasteiger partial charge in [-0.3, -0.25) is 4.79 Å². The maximum absolute atomic E-state index is 10.4. The van der Waals surface area contributed by atoms with E-state index in [-0.39, 0.29) is 6.42 Å². The first-order valence-electron chi connectivity index (χ1n) is 2.96. The van der Waals surface area contributed by atoms with E-state index in [2.05, 4.69) is 5.16 Å². The molecule has 0 heterocycles. The summed E-state index contributed by atoms with van der Waals surface area (Å²) >= 11 is 0. The van der Waals surface area contributed by atoms with Crippen LogP contribution >= 0.6 is 0 Å². The second-order valence-electron chi connectivity index (χ2n) is 1.99. The minimum atomic E-state index is -1.69. The van der Waals surface area contributed by atoms with Gasteiger partial charge in [-0.2, -0.15) is 5.26 Å². The highest BCUT2D eigenvalue weighted by Gasteiger charge is 2.35. The van der Waals surface area contributed by atoms with E-state index in [0.717, 1.165) is 6.21 Å². The summed E-state index contributed by atoms with van der Waals surface area (Å²) in [7, 11) is 0. The molecule has 2 N–H and O–H groups in total. The zero-order valence-electron chi connectivity index (χ0n) is 5.98. The molecule has 0 aromatic heterocycles. The van der Waals surface area contributed by atoms with Crippen molar-refractivity contribution in [3.05, 3.63) is 0 Å². The maximum atomic E-state index is 10.4. The van der Waals surface area contributed by atoms with Crippen molar-refractivity contribution in [3.8, 4) is 6.07 Å². The molecule has 60 valence electrons. The van der Waals surface area contributed by atoms with Gasteiger partial charge in [-0.1, -0.05) is 12.1 Å².